The normalized spacial score (nSPS) is 20.8. The summed E-state index contributed by atoms with van der Waals surface area (Å²) in [6.07, 6.45) is -3.70. The second-order valence-electron chi connectivity index (χ2n) is 9.37. The lowest BCUT2D eigenvalue weighted by molar-refractivity contribution is -0.155. The number of hydrogen-bond acceptors (Lipinski definition) is 7. The Morgan fingerprint density at radius 1 is 1.14 bits per heavy atom. The topological polar surface area (TPSA) is 95.8 Å². The predicted octanol–water partition coefficient (Wildman–Crippen LogP) is 3.57. The summed E-state index contributed by atoms with van der Waals surface area (Å²) in [4.78, 5) is 16.9. The van der Waals surface area contributed by atoms with Gasteiger partial charge in [-0.05, 0) is 36.7 Å². The van der Waals surface area contributed by atoms with Crippen molar-refractivity contribution in [2.24, 2.45) is 0 Å². The first-order valence-electron chi connectivity index (χ1n) is 11.7. The molecule has 1 aromatic carbocycles. The number of carbonyl (C=O) groups excluding carboxylic acids is 1. The molecule has 3 heterocycles. The number of rotatable bonds is 7. The summed E-state index contributed by atoms with van der Waals surface area (Å²) in [5, 5.41) is 3.40. The highest BCUT2D eigenvalue weighted by molar-refractivity contribution is 7.91. The number of halogens is 3. The molecule has 13 heteroatoms. The van der Waals surface area contributed by atoms with Crippen LogP contribution >= 0.6 is 11.3 Å². The second-order valence-corrected chi connectivity index (χ2v) is 12.4. The highest BCUT2D eigenvalue weighted by Crippen LogP contribution is 2.42. The average molecular weight is 555 g/mol. The second kappa shape index (κ2) is 9.86. The van der Waals surface area contributed by atoms with Gasteiger partial charge in [-0.3, -0.25) is 4.79 Å². The minimum Gasteiger partial charge on any atom is -0.351 e. The molecule has 0 radical (unpaired) electrons. The molecular formula is C24H25F3N4O4S2. The quantitative estimate of drug-likeness (QED) is 0.480. The molecule has 198 valence electrons. The fraction of sp³-hybridized carbons (Fsp3) is 0.417. The number of sulfonamides is 1. The van der Waals surface area contributed by atoms with Crippen LogP contribution in [0.5, 0.6) is 0 Å². The van der Waals surface area contributed by atoms with Crippen molar-refractivity contribution in [2.75, 3.05) is 33.2 Å². The van der Waals surface area contributed by atoms with Gasteiger partial charge in [0.15, 0.2) is 0 Å². The van der Waals surface area contributed by atoms with Gasteiger partial charge in [0, 0.05) is 44.2 Å². The van der Waals surface area contributed by atoms with Crippen LogP contribution in [0.3, 0.4) is 0 Å². The molecule has 5 rings (SSSR count). The van der Waals surface area contributed by atoms with Crippen LogP contribution in [0.25, 0.3) is 10.6 Å². The number of hydrogen-bond donors (Lipinski definition) is 1. The molecule has 1 saturated heterocycles. The summed E-state index contributed by atoms with van der Waals surface area (Å²) in [7, 11) is -1.81. The van der Waals surface area contributed by atoms with Gasteiger partial charge in [-0.1, -0.05) is 29.4 Å². The molecule has 2 aromatic heterocycles. The van der Waals surface area contributed by atoms with E-state index in [0.29, 0.717) is 12.8 Å². The van der Waals surface area contributed by atoms with Gasteiger partial charge in [0.05, 0.1) is 11.3 Å². The van der Waals surface area contributed by atoms with E-state index in [-0.39, 0.29) is 32.6 Å². The largest absolute Gasteiger partial charge is 0.452 e. The molecule has 0 bridgehead atoms. The Morgan fingerprint density at radius 3 is 2.49 bits per heavy atom. The zero-order valence-corrected chi connectivity index (χ0v) is 21.5. The number of likely N-dealkylation sites (N-methyl/N-ethyl adjacent to an activating group) is 1. The molecule has 1 N–H and O–H groups in total. The molecule has 1 aliphatic carbocycles. The van der Waals surface area contributed by atoms with Gasteiger partial charge in [0.25, 0.3) is 0 Å². The van der Waals surface area contributed by atoms with E-state index in [1.807, 2.05) is 36.2 Å². The first kappa shape index (κ1) is 25.9. The van der Waals surface area contributed by atoms with Crippen molar-refractivity contribution in [3.63, 3.8) is 0 Å². The number of alkyl halides is 3. The Hall–Kier alpha value is -2.74. The maximum Gasteiger partial charge on any atom is 0.452 e. The first-order chi connectivity index (χ1) is 17.5. The number of nitrogens with zero attached hydrogens (tertiary/aromatic N) is 3. The number of thiophene rings is 1. The summed E-state index contributed by atoms with van der Waals surface area (Å²) in [5.74, 6) is -1.12. The minimum absolute atomic E-state index is 0.0116. The zero-order valence-electron chi connectivity index (χ0n) is 19.9. The fourth-order valence-electron chi connectivity index (χ4n) is 4.30. The third kappa shape index (κ3) is 5.89. The van der Waals surface area contributed by atoms with Gasteiger partial charge in [0.2, 0.25) is 21.7 Å². The van der Waals surface area contributed by atoms with Gasteiger partial charge in [0.1, 0.15) is 9.90 Å². The molecule has 0 unspecified atom stereocenters. The van der Waals surface area contributed by atoms with Crippen LogP contribution < -0.4 is 4.72 Å². The van der Waals surface area contributed by atoms with Crippen molar-refractivity contribution in [3.05, 3.63) is 59.4 Å². The van der Waals surface area contributed by atoms with E-state index in [1.54, 1.807) is 0 Å². The van der Waals surface area contributed by atoms with Crippen molar-refractivity contribution in [1.29, 1.82) is 0 Å². The highest BCUT2D eigenvalue weighted by atomic mass is 32.2. The smallest absolute Gasteiger partial charge is 0.351 e. The Morgan fingerprint density at radius 2 is 1.84 bits per heavy atom. The number of benzene rings is 1. The van der Waals surface area contributed by atoms with Crippen LogP contribution in [-0.4, -0.2) is 68.5 Å². The van der Waals surface area contributed by atoms with Gasteiger partial charge < -0.3 is 14.3 Å². The average Bonchev–Trinajstić information content (AvgIpc) is 3.24. The number of piperazine rings is 1. The summed E-state index contributed by atoms with van der Waals surface area (Å²) < 4.78 is 70.9. The SMILES string of the molecule is CN1CCN(C(=O)Cc2ccc([C@@H]3C[C@H]3NS(=O)(=O)c3ccc(-c4cc(C(F)(F)F)on4)s3)cc2)CC1. The van der Waals surface area contributed by atoms with Crippen LogP contribution in [0.15, 0.2) is 51.2 Å². The molecule has 8 nitrogen and oxygen atoms in total. The number of amides is 1. The van der Waals surface area contributed by atoms with Crippen molar-refractivity contribution in [1.82, 2.24) is 19.7 Å². The lowest BCUT2D eigenvalue weighted by Gasteiger charge is -2.32. The monoisotopic (exact) mass is 554 g/mol. The minimum atomic E-state index is -4.67. The molecule has 3 aromatic rings. The number of carbonyl (C=O) groups is 1. The van der Waals surface area contributed by atoms with E-state index < -0.39 is 22.0 Å². The summed E-state index contributed by atoms with van der Waals surface area (Å²) in [5.41, 5.74) is 1.82. The predicted molar refractivity (Wildman–Crippen MR) is 131 cm³/mol. The number of aromatic nitrogens is 1. The van der Waals surface area contributed by atoms with Gasteiger partial charge in [-0.25, -0.2) is 13.1 Å². The molecule has 1 amide bonds. The standard InChI is InChI=1S/C24H25F3N4O4S2/c1-30-8-10-31(11-9-30)22(32)12-15-2-4-16(5-3-15)17-13-18(17)29-37(33,34)23-7-6-20(36-23)19-14-21(35-28-19)24(25,26)27/h2-7,14,17-18,29H,8-13H2,1H3/t17-,18+/m0/s1. The van der Waals surface area contributed by atoms with Crippen molar-refractivity contribution in [2.45, 2.75) is 35.2 Å². The van der Waals surface area contributed by atoms with E-state index >= 15 is 0 Å². The summed E-state index contributed by atoms with van der Waals surface area (Å²) in [6.45, 7) is 3.21. The molecule has 1 aliphatic heterocycles. The third-order valence-corrected chi connectivity index (χ3v) is 9.69. The highest BCUT2D eigenvalue weighted by Gasteiger charge is 2.42. The molecule has 2 atom stereocenters. The van der Waals surface area contributed by atoms with Gasteiger partial charge >= 0.3 is 6.18 Å². The van der Waals surface area contributed by atoms with E-state index in [2.05, 4.69) is 19.3 Å². The lowest BCUT2D eigenvalue weighted by Crippen LogP contribution is -2.47. The van der Waals surface area contributed by atoms with Crippen LogP contribution in [0.4, 0.5) is 13.2 Å². The van der Waals surface area contributed by atoms with Crippen molar-refractivity contribution < 1.29 is 30.9 Å². The molecule has 2 fully saturated rings. The Balaban J connectivity index is 1.17. The first-order valence-corrected chi connectivity index (χ1v) is 14.0. The van der Waals surface area contributed by atoms with E-state index in [1.165, 1.54) is 12.1 Å². The van der Waals surface area contributed by atoms with Crippen LogP contribution in [0, 0.1) is 0 Å². The molecule has 1 saturated carbocycles. The Labute approximate surface area is 216 Å². The third-order valence-electron chi connectivity index (χ3n) is 6.60. The van der Waals surface area contributed by atoms with E-state index in [0.717, 1.165) is 54.7 Å². The molecule has 2 aliphatic rings. The molecule has 37 heavy (non-hydrogen) atoms. The van der Waals surface area contributed by atoms with Crippen LogP contribution in [-0.2, 0) is 27.4 Å². The maximum absolute atomic E-state index is 12.8. The van der Waals surface area contributed by atoms with E-state index in [9.17, 15) is 26.4 Å². The Kier molecular flexibility index (Phi) is 6.90. The summed E-state index contributed by atoms with van der Waals surface area (Å²) >= 11 is 0.824. The zero-order chi connectivity index (χ0) is 26.4. The van der Waals surface area contributed by atoms with Crippen LogP contribution in [0.2, 0.25) is 0 Å². The summed E-state index contributed by atoms with van der Waals surface area (Å²) in [6, 6.07) is 10.9. The van der Waals surface area contributed by atoms with E-state index in [4.69, 9.17) is 0 Å². The van der Waals surface area contributed by atoms with Crippen molar-refractivity contribution >= 4 is 27.3 Å². The van der Waals surface area contributed by atoms with Crippen LogP contribution in [0.1, 0.15) is 29.2 Å². The fourth-order valence-corrected chi connectivity index (χ4v) is 6.87. The molecule has 0 spiro atoms. The number of nitrogens with one attached hydrogen (secondary N) is 1. The van der Waals surface area contributed by atoms with Gasteiger partial charge in [-0.2, -0.15) is 13.2 Å². The Bertz CT molecular complexity index is 1380. The lowest BCUT2D eigenvalue weighted by atomic mass is 10.1. The maximum atomic E-state index is 12.8. The van der Waals surface area contributed by atoms with Crippen molar-refractivity contribution in [3.8, 4) is 10.6 Å². The molecular weight excluding hydrogens is 529 g/mol. The van der Waals surface area contributed by atoms with Gasteiger partial charge in [-0.15, -0.1) is 11.3 Å².